The van der Waals surface area contributed by atoms with Crippen molar-refractivity contribution in [3.8, 4) is 22.7 Å². The zero-order valence-electron chi connectivity index (χ0n) is 11.9. The fraction of sp³-hybridized carbons (Fsp3) is 0.125. The summed E-state index contributed by atoms with van der Waals surface area (Å²) >= 11 is 0. The molecule has 106 valence electrons. The molecule has 0 unspecified atom stereocenters. The summed E-state index contributed by atoms with van der Waals surface area (Å²) in [5.41, 5.74) is 9.70. The number of para-hydroxylation sites is 2. The first-order valence-electron chi connectivity index (χ1n) is 6.63. The SMILES string of the molecule is COc1ccccc1-c1nnn(-c2ccccc2C)c1N. The number of hydrogen-bond acceptors (Lipinski definition) is 4. The number of ether oxygens (including phenoxy) is 1. The molecule has 0 amide bonds. The summed E-state index contributed by atoms with van der Waals surface area (Å²) in [5, 5.41) is 8.40. The molecule has 0 radical (unpaired) electrons. The molecular formula is C16H16N4O. The van der Waals surface area contributed by atoms with E-state index in [1.165, 1.54) is 0 Å². The van der Waals surface area contributed by atoms with Crippen LogP contribution in [-0.2, 0) is 0 Å². The van der Waals surface area contributed by atoms with Gasteiger partial charge in [0, 0.05) is 5.56 Å². The van der Waals surface area contributed by atoms with Crippen LogP contribution >= 0.6 is 0 Å². The maximum atomic E-state index is 6.24. The van der Waals surface area contributed by atoms with E-state index in [-0.39, 0.29) is 0 Å². The Morgan fingerprint density at radius 1 is 1.05 bits per heavy atom. The highest BCUT2D eigenvalue weighted by Crippen LogP contribution is 2.32. The standard InChI is InChI=1S/C16H16N4O/c1-11-7-3-5-9-13(11)20-16(17)15(18-19-20)12-8-4-6-10-14(12)21-2/h3-10H,17H2,1-2H3. The molecule has 0 saturated carbocycles. The number of rotatable bonds is 3. The third kappa shape index (κ3) is 2.23. The lowest BCUT2D eigenvalue weighted by Crippen LogP contribution is -2.04. The first-order valence-corrected chi connectivity index (χ1v) is 6.63. The predicted molar refractivity (Wildman–Crippen MR) is 82.5 cm³/mol. The number of nitrogen functional groups attached to an aromatic ring is 1. The van der Waals surface area contributed by atoms with E-state index in [9.17, 15) is 0 Å². The lowest BCUT2D eigenvalue weighted by atomic mass is 10.1. The molecule has 5 nitrogen and oxygen atoms in total. The number of anilines is 1. The van der Waals surface area contributed by atoms with Crippen LogP contribution in [0.15, 0.2) is 48.5 Å². The van der Waals surface area contributed by atoms with Crippen molar-refractivity contribution in [2.24, 2.45) is 0 Å². The molecule has 0 fully saturated rings. The van der Waals surface area contributed by atoms with E-state index < -0.39 is 0 Å². The summed E-state index contributed by atoms with van der Waals surface area (Å²) in [7, 11) is 1.63. The lowest BCUT2D eigenvalue weighted by molar-refractivity contribution is 0.416. The highest BCUT2D eigenvalue weighted by Gasteiger charge is 2.16. The van der Waals surface area contributed by atoms with Gasteiger partial charge in [-0.25, -0.2) is 0 Å². The monoisotopic (exact) mass is 280 g/mol. The summed E-state index contributed by atoms with van der Waals surface area (Å²) in [4.78, 5) is 0. The van der Waals surface area contributed by atoms with E-state index in [1.807, 2.05) is 55.5 Å². The van der Waals surface area contributed by atoms with Crippen molar-refractivity contribution < 1.29 is 4.74 Å². The van der Waals surface area contributed by atoms with E-state index >= 15 is 0 Å². The number of aryl methyl sites for hydroxylation is 1. The molecule has 1 heterocycles. The van der Waals surface area contributed by atoms with Crippen molar-refractivity contribution in [2.75, 3.05) is 12.8 Å². The molecule has 3 aromatic rings. The first-order chi connectivity index (χ1) is 10.2. The number of nitrogens with zero attached hydrogens (tertiary/aromatic N) is 3. The van der Waals surface area contributed by atoms with Crippen LogP contribution in [0.5, 0.6) is 5.75 Å². The van der Waals surface area contributed by atoms with E-state index in [0.717, 1.165) is 22.6 Å². The molecule has 2 N–H and O–H groups in total. The third-order valence-electron chi connectivity index (χ3n) is 3.41. The molecule has 0 aliphatic heterocycles. The number of aromatic nitrogens is 3. The van der Waals surface area contributed by atoms with Gasteiger partial charge in [-0.1, -0.05) is 35.5 Å². The molecule has 3 rings (SSSR count). The van der Waals surface area contributed by atoms with Gasteiger partial charge in [-0.15, -0.1) is 5.10 Å². The van der Waals surface area contributed by atoms with Gasteiger partial charge < -0.3 is 10.5 Å². The van der Waals surface area contributed by atoms with E-state index in [2.05, 4.69) is 10.3 Å². The van der Waals surface area contributed by atoms with Crippen molar-refractivity contribution in [1.29, 1.82) is 0 Å². The van der Waals surface area contributed by atoms with Gasteiger partial charge in [0.05, 0.1) is 12.8 Å². The topological polar surface area (TPSA) is 66.0 Å². The maximum absolute atomic E-state index is 6.24. The molecule has 5 heteroatoms. The van der Waals surface area contributed by atoms with Crippen molar-refractivity contribution in [2.45, 2.75) is 6.92 Å². The molecule has 21 heavy (non-hydrogen) atoms. The predicted octanol–water partition coefficient (Wildman–Crippen LogP) is 2.83. The number of nitrogens with two attached hydrogens (primary N) is 1. The largest absolute Gasteiger partial charge is 0.496 e. The van der Waals surface area contributed by atoms with Crippen LogP contribution in [-0.4, -0.2) is 22.1 Å². The van der Waals surface area contributed by atoms with Crippen LogP contribution < -0.4 is 10.5 Å². The lowest BCUT2D eigenvalue weighted by Gasteiger charge is -2.08. The maximum Gasteiger partial charge on any atom is 0.156 e. The molecule has 0 aliphatic carbocycles. The molecular weight excluding hydrogens is 264 g/mol. The minimum Gasteiger partial charge on any atom is -0.496 e. The third-order valence-corrected chi connectivity index (χ3v) is 3.41. The Hall–Kier alpha value is -2.82. The Labute approximate surface area is 123 Å². The van der Waals surface area contributed by atoms with E-state index in [0.29, 0.717) is 11.5 Å². The second-order valence-electron chi connectivity index (χ2n) is 4.72. The van der Waals surface area contributed by atoms with E-state index in [4.69, 9.17) is 10.5 Å². The van der Waals surface area contributed by atoms with Gasteiger partial charge >= 0.3 is 0 Å². The number of hydrogen-bond donors (Lipinski definition) is 1. The Morgan fingerprint density at radius 2 is 1.76 bits per heavy atom. The van der Waals surface area contributed by atoms with Crippen LogP contribution in [0.1, 0.15) is 5.56 Å². The summed E-state index contributed by atoms with van der Waals surface area (Å²) < 4.78 is 7.01. The highest BCUT2D eigenvalue weighted by atomic mass is 16.5. The first kappa shape index (κ1) is 13.2. The van der Waals surface area contributed by atoms with Crippen LogP contribution in [0.3, 0.4) is 0 Å². The van der Waals surface area contributed by atoms with Crippen LogP contribution in [0, 0.1) is 6.92 Å². The van der Waals surface area contributed by atoms with Crippen LogP contribution in [0.4, 0.5) is 5.82 Å². The summed E-state index contributed by atoms with van der Waals surface area (Å²) in [6.07, 6.45) is 0. The number of benzene rings is 2. The normalized spacial score (nSPS) is 10.6. The Morgan fingerprint density at radius 3 is 2.52 bits per heavy atom. The zero-order chi connectivity index (χ0) is 14.8. The molecule has 0 aliphatic rings. The molecule has 0 bridgehead atoms. The second kappa shape index (κ2) is 5.28. The van der Waals surface area contributed by atoms with Gasteiger partial charge in [0.1, 0.15) is 11.4 Å². The molecule has 2 aromatic carbocycles. The minimum atomic E-state index is 0.494. The van der Waals surface area contributed by atoms with Gasteiger partial charge in [0.2, 0.25) is 0 Å². The molecule has 0 spiro atoms. The van der Waals surface area contributed by atoms with Crippen LogP contribution in [0.25, 0.3) is 16.9 Å². The minimum absolute atomic E-state index is 0.494. The molecule has 1 aromatic heterocycles. The quantitative estimate of drug-likeness (QED) is 0.801. The van der Waals surface area contributed by atoms with Gasteiger partial charge in [0.25, 0.3) is 0 Å². The average molecular weight is 280 g/mol. The Bertz CT molecular complexity index is 779. The van der Waals surface area contributed by atoms with Crippen LogP contribution in [0.2, 0.25) is 0 Å². The average Bonchev–Trinajstić information content (AvgIpc) is 2.89. The second-order valence-corrected chi connectivity index (χ2v) is 4.72. The van der Waals surface area contributed by atoms with Gasteiger partial charge in [0.15, 0.2) is 5.82 Å². The summed E-state index contributed by atoms with van der Waals surface area (Å²) in [6, 6.07) is 15.5. The van der Waals surface area contributed by atoms with E-state index in [1.54, 1.807) is 11.8 Å². The van der Waals surface area contributed by atoms with Crippen molar-refractivity contribution in [1.82, 2.24) is 15.0 Å². The number of methoxy groups -OCH3 is 1. The molecule has 0 saturated heterocycles. The fourth-order valence-corrected chi connectivity index (χ4v) is 2.30. The Kier molecular flexibility index (Phi) is 3.31. The zero-order valence-corrected chi connectivity index (χ0v) is 11.9. The summed E-state index contributed by atoms with van der Waals surface area (Å²) in [5.74, 6) is 1.22. The smallest absolute Gasteiger partial charge is 0.156 e. The van der Waals surface area contributed by atoms with Gasteiger partial charge in [-0.2, -0.15) is 4.68 Å². The highest BCUT2D eigenvalue weighted by molar-refractivity contribution is 5.76. The van der Waals surface area contributed by atoms with Gasteiger partial charge in [-0.05, 0) is 30.7 Å². The van der Waals surface area contributed by atoms with Crippen molar-refractivity contribution in [3.63, 3.8) is 0 Å². The van der Waals surface area contributed by atoms with Crippen molar-refractivity contribution >= 4 is 5.82 Å². The fourth-order valence-electron chi connectivity index (χ4n) is 2.30. The molecule has 0 atom stereocenters. The van der Waals surface area contributed by atoms with Crippen molar-refractivity contribution in [3.05, 3.63) is 54.1 Å². The van der Waals surface area contributed by atoms with Gasteiger partial charge in [-0.3, -0.25) is 0 Å². The summed E-state index contributed by atoms with van der Waals surface area (Å²) in [6.45, 7) is 2.01. The Balaban J connectivity index is 2.14.